The van der Waals surface area contributed by atoms with Gasteiger partial charge in [-0.25, -0.2) is 19.9 Å². The Kier molecular flexibility index (Phi) is 6.97. The van der Waals surface area contributed by atoms with Gasteiger partial charge in [-0.15, -0.1) is 5.11 Å². The van der Waals surface area contributed by atoms with Crippen LogP contribution < -0.4 is 21.8 Å². The Morgan fingerprint density at radius 2 is 2.05 bits per heavy atom. The smallest absolute Gasteiger partial charge is 0.302 e. The number of carbonyl (C=O) groups excluding carboxylic acids is 1. The maximum Gasteiger partial charge on any atom is 0.302 e. The van der Waals surface area contributed by atoms with Crippen LogP contribution in [-0.4, -0.2) is 27.7 Å². The van der Waals surface area contributed by atoms with Crippen molar-refractivity contribution < 1.29 is 13.6 Å². The molecule has 2 aromatic carbocycles. The SMILES string of the molecule is CC1=C(C(=O)Nc2cc(C(N=N)=NN)ccn2)C(c2ccccc2Cl)N=C(Nc2nc3ccc(F)cc3o2)N1. The number of nitrogens with zero attached hydrogens (tertiary/aromatic N) is 5. The molecular formula is C25H20ClFN10O2. The summed E-state index contributed by atoms with van der Waals surface area (Å²) in [6.45, 7) is 1.71. The number of halogens is 2. The van der Waals surface area contributed by atoms with Crippen LogP contribution in [0.3, 0.4) is 0 Å². The Labute approximate surface area is 225 Å². The van der Waals surface area contributed by atoms with Gasteiger partial charge in [0.1, 0.15) is 23.2 Å². The predicted molar refractivity (Wildman–Crippen MR) is 144 cm³/mol. The summed E-state index contributed by atoms with van der Waals surface area (Å²) in [4.78, 5) is 26.7. The van der Waals surface area contributed by atoms with Crippen LogP contribution in [-0.2, 0) is 4.79 Å². The van der Waals surface area contributed by atoms with Crippen molar-refractivity contribution in [2.24, 2.45) is 21.1 Å². The molecule has 1 aliphatic rings. The van der Waals surface area contributed by atoms with Crippen LogP contribution in [0.25, 0.3) is 11.1 Å². The van der Waals surface area contributed by atoms with E-state index >= 15 is 0 Å². The highest BCUT2D eigenvalue weighted by atomic mass is 35.5. The topological polar surface area (TPSA) is 179 Å². The van der Waals surface area contributed by atoms with Gasteiger partial charge in [0.05, 0.1) is 5.57 Å². The molecule has 6 N–H and O–H groups in total. The number of anilines is 2. The summed E-state index contributed by atoms with van der Waals surface area (Å²) in [5.74, 6) is 4.73. The van der Waals surface area contributed by atoms with Gasteiger partial charge < -0.3 is 20.9 Å². The molecule has 14 heteroatoms. The van der Waals surface area contributed by atoms with Crippen molar-refractivity contribution in [3.05, 3.63) is 94.0 Å². The minimum absolute atomic E-state index is 0.0289. The van der Waals surface area contributed by atoms with E-state index in [2.05, 4.69) is 41.1 Å². The summed E-state index contributed by atoms with van der Waals surface area (Å²) in [7, 11) is 0. The minimum Gasteiger partial charge on any atom is -0.423 e. The average molecular weight is 547 g/mol. The van der Waals surface area contributed by atoms with Gasteiger partial charge in [-0.3, -0.25) is 10.1 Å². The number of carbonyl (C=O) groups is 1. The molecule has 1 amide bonds. The van der Waals surface area contributed by atoms with Gasteiger partial charge in [0.25, 0.3) is 5.91 Å². The number of hydrazone groups is 1. The number of benzene rings is 2. The van der Waals surface area contributed by atoms with Crippen molar-refractivity contribution in [3.63, 3.8) is 0 Å². The fourth-order valence-corrected chi connectivity index (χ4v) is 4.24. The Morgan fingerprint density at radius 3 is 2.82 bits per heavy atom. The van der Waals surface area contributed by atoms with Crippen LogP contribution in [0.1, 0.15) is 24.1 Å². The molecule has 0 bridgehead atoms. The number of rotatable bonds is 5. The van der Waals surface area contributed by atoms with E-state index in [4.69, 9.17) is 27.4 Å². The quantitative estimate of drug-likeness (QED) is 0.0791. The number of aliphatic imine (C=N–C) groups is 1. The molecule has 0 aliphatic carbocycles. The van der Waals surface area contributed by atoms with Gasteiger partial charge in [0.15, 0.2) is 11.4 Å². The van der Waals surface area contributed by atoms with Crippen LogP contribution in [0.4, 0.5) is 16.2 Å². The van der Waals surface area contributed by atoms with E-state index in [-0.39, 0.29) is 34.8 Å². The van der Waals surface area contributed by atoms with E-state index in [0.717, 1.165) is 0 Å². The fourth-order valence-electron chi connectivity index (χ4n) is 4.00. The van der Waals surface area contributed by atoms with Gasteiger partial charge in [-0.05, 0) is 37.3 Å². The van der Waals surface area contributed by atoms with E-state index in [1.165, 1.54) is 30.5 Å². The molecule has 12 nitrogen and oxygen atoms in total. The number of aromatic nitrogens is 2. The molecule has 1 aliphatic heterocycles. The molecular weight excluding hydrogens is 527 g/mol. The van der Waals surface area contributed by atoms with Crippen molar-refractivity contribution in [2.75, 3.05) is 10.6 Å². The average Bonchev–Trinajstić information content (AvgIpc) is 3.30. The Morgan fingerprint density at radius 1 is 1.23 bits per heavy atom. The zero-order valence-corrected chi connectivity index (χ0v) is 21.0. The first-order valence-corrected chi connectivity index (χ1v) is 11.8. The Bertz CT molecular complexity index is 1700. The first-order chi connectivity index (χ1) is 18.9. The third-order valence-electron chi connectivity index (χ3n) is 5.75. The van der Waals surface area contributed by atoms with Crippen molar-refractivity contribution in [1.82, 2.24) is 15.3 Å². The summed E-state index contributed by atoms with van der Waals surface area (Å²) in [5.41, 5.74) is 9.66. The number of guanidine groups is 1. The number of hydrogen-bond donors (Lipinski definition) is 5. The number of fused-ring (bicyclic) bond motifs is 1. The number of nitrogens with two attached hydrogens (primary N) is 1. The zero-order chi connectivity index (χ0) is 27.5. The molecule has 0 fully saturated rings. The Hall–Kier alpha value is -5.17. The van der Waals surface area contributed by atoms with E-state index in [1.54, 1.807) is 37.3 Å². The lowest BCUT2D eigenvalue weighted by Crippen LogP contribution is -2.37. The van der Waals surface area contributed by atoms with Crippen LogP contribution in [0.15, 0.2) is 91.7 Å². The number of nitrogens with one attached hydrogen (secondary N) is 4. The monoisotopic (exact) mass is 546 g/mol. The van der Waals surface area contributed by atoms with Gasteiger partial charge >= 0.3 is 6.01 Å². The summed E-state index contributed by atoms with van der Waals surface area (Å²) in [6, 6.07) is 13.3. The summed E-state index contributed by atoms with van der Waals surface area (Å²) in [5, 5.41) is 15.9. The second kappa shape index (κ2) is 10.7. The van der Waals surface area contributed by atoms with Crippen molar-refractivity contribution in [2.45, 2.75) is 13.0 Å². The molecule has 5 rings (SSSR count). The molecule has 4 aromatic rings. The van der Waals surface area contributed by atoms with Crippen molar-refractivity contribution in [1.29, 1.82) is 5.53 Å². The first kappa shape index (κ1) is 25.5. The maximum atomic E-state index is 13.6. The fraction of sp³-hybridized carbons (Fsp3) is 0.0800. The maximum absolute atomic E-state index is 13.6. The van der Waals surface area contributed by atoms with Crippen LogP contribution in [0.2, 0.25) is 5.02 Å². The molecule has 196 valence electrons. The standard InChI is InChI=1S/C25H20ClFN10O2/c1-12-20(23(38)33-19-10-13(8-9-30-19)22(36-28)37-29)21(15-4-2-3-5-16(15)26)34-24(31-12)35-25-32-17-7-6-14(27)11-18(17)39-25/h2-11,21,28H,29H2,1H3,(H,30,33,38)(H2,31,32,34,35). The van der Waals surface area contributed by atoms with Gasteiger partial charge in [0, 0.05) is 34.1 Å². The van der Waals surface area contributed by atoms with Crippen LogP contribution >= 0.6 is 11.6 Å². The lowest BCUT2D eigenvalue weighted by molar-refractivity contribution is -0.113. The van der Waals surface area contributed by atoms with E-state index in [0.29, 0.717) is 27.4 Å². The third kappa shape index (κ3) is 5.29. The summed E-state index contributed by atoms with van der Waals surface area (Å²) >= 11 is 6.50. The summed E-state index contributed by atoms with van der Waals surface area (Å²) in [6.07, 6.45) is 1.43. The van der Waals surface area contributed by atoms with E-state index < -0.39 is 17.8 Å². The predicted octanol–water partition coefficient (Wildman–Crippen LogP) is 4.69. The largest absolute Gasteiger partial charge is 0.423 e. The lowest BCUT2D eigenvalue weighted by atomic mass is 9.95. The molecule has 0 spiro atoms. The number of amides is 1. The zero-order valence-electron chi connectivity index (χ0n) is 20.2. The lowest BCUT2D eigenvalue weighted by Gasteiger charge is -2.26. The highest BCUT2D eigenvalue weighted by Gasteiger charge is 2.31. The van der Waals surface area contributed by atoms with Crippen LogP contribution in [0.5, 0.6) is 0 Å². The molecule has 3 heterocycles. The van der Waals surface area contributed by atoms with E-state index in [9.17, 15) is 9.18 Å². The molecule has 0 saturated carbocycles. The number of hydrogen-bond acceptors (Lipinski definition) is 10. The van der Waals surface area contributed by atoms with Gasteiger partial charge in [0.2, 0.25) is 5.96 Å². The number of pyridine rings is 1. The molecule has 2 aromatic heterocycles. The molecule has 0 radical (unpaired) electrons. The van der Waals surface area contributed by atoms with Crippen LogP contribution in [0, 0.1) is 11.3 Å². The van der Waals surface area contributed by atoms with E-state index in [1.807, 2.05) is 0 Å². The normalized spacial score (nSPS) is 15.5. The van der Waals surface area contributed by atoms with Crippen molar-refractivity contribution >= 4 is 52.2 Å². The van der Waals surface area contributed by atoms with Gasteiger partial charge in [-0.1, -0.05) is 29.8 Å². The second-order valence-electron chi connectivity index (χ2n) is 8.27. The number of oxazole rings is 1. The molecule has 1 atom stereocenters. The third-order valence-corrected chi connectivity index (χ3v) is 6.09. The molecule has 0 saturated heterocycles. The second-order valence-corrected chi connectivity index (χ2v) is 8.68. The Balaban J connectivity index is 1.47. The minimum atomic E-state index is -0.822. The highest BCUT2D eigenvalue weighted by molar-refractivity contribution is 6.31. The number of amidine groups is 1. The van der Waals surface area contributed by atoms with Gasteiger partial charge in [-0.2, -0.15) is 10.1 Å². The summed E-state index contributed by atoms with van der Waals surface area (Å²) < 4.78 is 19.2. The van der Waals surface area contributed by atoms with Crippen molar-refractivity contribution in [3.8, 4) is 0 Å². The first-order valence-electron chi connectivity index (χ1n) is 11.4. The molecule has 39 heavy (non-hydrogen) atoms. The highest BCUT2D eigenvalue weighted by Crippen LogP contribution is 2.35. The number of allylic oxidation sites excluding steroid dienone is 1. The molecule has 1 unspecified atom stereocenters.